The van der Waals surface area contributed by atoms with Gasteiger partial charge in [0.2, 0.25) is 10.0 Å². The van der Waals surface area contributed by atoms with Gasteiger partial charge in [-0.1, -0.05) is 24.9 Å². The van der Waals surface area contributed by atoms with E-state index in [1.54, 1.807) is 0 Å². The fourth-order valence-corrected chi connectivity index (χ4v) is 3.27. The molecule has 1 unspecified atom stereocenters. The molecule has 1 atom stereocenters. The summed E-state index contributed by atoms with van der Waals surface area (Å²) in [7, 11) is -2.72. The van der Waals surface area contributed by atoms with Crippen molar-refractivity contribution in [3.8, 4) is 0 Å². The Morgan fingerprint density at radius 2 is 2.14 bits per heavy atom. The van der Waals surface area contributed by atoms with Gasteiger partial charge in [-0.05, 0) is 24.6 Å². The second-order valence-corrected chi connectivity index (χ2v) is 6.57. The monoisotopic (exact) mass is 335 g/mol. The van der Waals surface area contributed by atoms with E-state index in [2.05, 4.69) is 9.46 Å². The maximum atomic E-state index is 12.2. The van der Waals surface area contributed by atoms with Gasteiger partial charge in [0, 0.05) is 6.54 Å². The quantitative estimate of drug-likeness (QED) is 0.738. The third-order valence-electron chi connectivity index (χ3n) is 2.77. The van der Waals surface area contributed by atoms with Crippen LogP contribution in [0.5, 0.6) is 0 Å². The van der Waals surface area contributed by atoms with Crippen LogP contribution in [0.3, 0.4) is 0 Å². The summed E-state index contributed by atoms with van der Waals surface area (Å²) in [5, 5.41) is 9.56. The fourth-order valence-electron chi connectivity index (χ4n) is 1.67. The van der Waals surface area contributed by atoms with Crippen LogP contribution in [0.4, 0.5) is 0 Å². The van der Waals surface area contributed by atoms with E-state index in [1.807, 2.05) is 6.92 Å². The van der Waals surface area contributed by atoms with Gasteiger partial charge in [0.25, 0.3) is 0 Å². The number of hydrogen-bond donors (Lipinski definition) is 2. The number of hydrogen-bond acceptors (Lipinski definition) is 5. The minimum Gasteiger partial charge on any atom is -0.465 e. The molecule has 0 fully saturated rings. The lowest BCUT2D eigenvalue weighted by Gasteiger charge is -2.12. The summed E-state index contributed by atoms with van der Waals surface area (Å²) in [5.41, 5.74) is 0.0800. The van der Waals surface area contributed by atoms with Gasteiger partial charge in [0.1, 0.15) is 4.90 Å². The highest BCUT2D eigenvalue weighted by molar-refractivity contribution is 7.89. The van der Waals surface area contributed by atoms with Crippen LogP contribution in [-0.2, 0) is 14.8 Å². The van der Waals surface area contributed by atoms with E-state index in [0.717, 1.165) is 12.5 Å². The molecule has 1 aromatic rings. The van der Waals surface area contributed by atoms with Crippen molar-refractivity contribution in [2.45, 2.75) is 30.8 Å². The van der Waals surface area contributed by atoms with E-state index in [-0.39, 0.29) is 22.0 Å². The zero-order valence-electron chi connectivity index (χ0n) is 11.8. The van der Waals surface area contributed by atoms with Gasteiger partial charge in [-0.2, -0.15) is 0 Å². The largest absolute Gasteiger partial charge is 0.465 e. The molecule has 21 heavy (non-hydrogen) atoms. The van der Waals surface area contributed by atoms with E-state index in [0.29, 0.717) is 6.42 Å². The maximum absolute atomic E-state index is 12.2. The molecule has 0 bridgehead atoms. The summed E-state index contributed by atoms with van der Waals surface area (Å²) < 4.78 is 31.1. The van der Waals surface area contributed by atoms with Crippen molar-refractivity contribution in [2.24, 2.45) is 0 Å². The van der Waals surface area contributed by atoms with Crippen LogP contribution in [-0.4, -0.2) is 39.3 Å². The lowest BCUT2D eigenvalue weighted by Crippen LogP contribution is -2.32. The molecule has 0 aliphatic heterocycles. The third-order valence-corrected chi connectivity index (χ3v) is 4.68. The molecule has 2 N–H and O–H groups in total. The average molecular weight is 336 g/mol. The normalized spacial score (nSPS) is 13.0. The lowest BCUT2D eigenvalue weighted by atomic mass is 10.2. The molecule has 0 aliphatic rings. The number of halogens is 1. The van der Waals surface area contributed by atoms with Crippen LogP contribution in [0.15, 0.2) is 23.1 Å². The number of nitrogens with one attached hydrogen (secondary N) is 1. The Hall–Kier alpha value is -1.15. The first-order chi connectivity index (χ1) is 9.81. The molecular weight excluding hydrogens is 318 g/mol. The van der Waals surface area contributed by atoms with Crippen LogP contribution in [0.1, 0.15) is 30.1 Å². The Labute approximate surface area is 129 Å². The fraction of sp³-hybridized carbons (Fsp3) is 0.462. The molecule has 1 rings (SSSR count). The van der Waals surface area contributed by atoms with Gasteiger partial charge < -0.3 is 9.84 Å². The molecule has 0 saturated heterocycles. The number of carbonyl (C=O) groups is 1. The Morgan fingerprint density at radius 1 is 1.48 bits per heavy atom. The number of ether oxygens (including phenoxy) is 1. The average Bonchev–Trinajstić information content (AvgIpc) is 2.45. The van der Waals surface area contributed by atoms with Crippen LogP contribution in [0.25, 0.3) is 0 Å². The van der Waals surface area contributed by atoms with Gasteiger partial charge in [0.05, 0.1) is 23.8 Å². The van der Waals surface area contributed by atoms with Crippen LogP contribution >= 0.6 is 11.6 Å². The van der Waals surface area contributed by atoms with Crippen molar-refractivity contribution < 1.29 is 23.1 Å². The van der Waals surface area contributed by atoms with Gasteiger partial charge in [0.15, 0.2) is 0 Å². The van der Waals surface area contributed by atoms with Gasteiger partial charge >= 0.3 is 5.97 Å². The highest BCUT2D eigenvalue weighted by Crippen LogP contribution is 2.23. The highest BCUT2D eigenvalue weighted by atomic mass is 35.5. The van der Waals surface area contributed by atoms with Crippen LogP contribution in [0.2, 0.25) is 5.02 Å². The highest BCUT2D eigenvalue weighted by Gasteiger charge is 2.21. The predicted molar refractivity (Wildman–Crippen MR) is 78.9 cm³/mol. The third kappa shape index (κ3) is 4.96. The number of benzene rings is 1. The SMILES string of the molecule is CCCC(O)CNS(=O)(=O)c1cc(C(=O)OC)ccc1Cl. The van der Waals surface area contributed by atoms with E-state index in [4.69, 9.17) is 11.6 Å². The number of carbonyl (C=O) groups excluding carboxylic acids is 1. The summed E-state index contributed by atoms with van der Waals surface area (Å²) >= 11 is 5.87. The first kappa shape index (κ1) is 17.9. The first-order valence-electron chi connectivity index (χ1n) is 6.37. The molecule has 118 valence electrons. The Balaban J connectivity index is 2.99. The molecule has 0 saturated carbocycles. The molecule has 1 aromatic carbocycles. The molecule has 0 aliphatic carbocycles. The van der Waals surface area contributed by atoms with Crippen molar-refractivity contribution in [3.05, 3.63) is 28.8 Å². The van der Waals surface area contributed by atoms with Crippen molar-refractivity contribution in [2.75, 3.05) is 13.7 Å². The minimum atomic E-state index is -3.92. The molecular formula is C13H18ClNO5S. The summed E-state index contributed by atoms with van der Waals surface area (Å²) in [5.74, 6) is -0.658. The molecule has 0 aromatic heterocycles. The van der Waals surface area contributed by atoms with E-state index in [9.17, 15) is 18.3 Å². The van der Waals surface area contributed by atoms with E-state index >= 15 is 0 Å². The Kier molecular flexibility index (Phi) is 6.60. The number of sulfonamides is 1. The molecule has 0 radical (unpaired) electrons. The number of methoxy groups -OCH3 is 1. The molecule has 8 heteroatoms. The summed E-state index contributed by atoms with van der Waals surface area (Å²) in [6.07, 6.45) is 0.451. The Morgan fingerprint density at radius 3 is 2.71 bits per heavy atom. The second kappa shape index (κ2) is 7.74. The second-order valence-electron chi connectivity index (χ2n) is 4.43. The number of esters is 1. The number of aliphatic hydroxyl groups excluding tert-OH is 1. The van der Waals surface area contributed by atoms with Gasteiger partial charge in [-0.3, -0.25) is 0 Å². The van der Waals surface area contributed by atoms with Crippen molar-refractivity contribution in [3.63, 3.8) is 0 Å². The van der Waals surface area contributed by atoms with Crippen LogP contribution in [0, 0.1) is 0 Å². The molecule has 0 amide bonds. The maximum Gasteiger partial charge on any atom is 0.337 e. The smallest absolute Gasteiger partial charge is 0.337 e. The zero-order chi connectivity index (χ0) is 16.0. The molecule has 0 spiro atoms. The molecule has 6 nitrogen and oxygen atoms in total. The standard InChI is InChI=1S/C13H18ClNO5S/c1-3-4-10(16)8-15-21(18,19)12-7-9(13(17)20-2)5-6-11(12)14/h5-7,10,15-16H,3-4,8H2,1-2H3. The number of rotatable bonds is 7. The predicted octanol–water partition coefficient (Wildman–Crippen LogP) is 1.57. The zero-order valence-corrected chi connectivity index (χ0v) is 13.4. The minimum absolute atomic E-state index is 0.0138. The summed E-state index contributed by atoms with van der Waals surface area (Å²) in [6.45, 7) is 1.77. The lowest BCUT2D eigenvalue weighted by molar-refractivity contribution is 0.0600. The number of aliphatic hydroxyl groups is 1. The van der Waals surface area contributed by atoms with Crippen molar-refractivity contribution >= 4 is 27.6 Å². The van der Waals surface area contributed by atoms with E-state index < -0.39 is 22.1 Å². The summed E-state index contributed by atoms with van der Waals surface area (Å²) in [4.78, 5) is 11.2. The topological polar surface area (TPSA) is 92.7 Å². The van der Waals surface area contributed by atoms with Gasteiger partial charge in [-0.15, -0.1) is 0 Å². The first-order valence-corrected chi connectivity index (χ1v) is 8.23. The van der Waals surface area contributed by atoms with Crippen molar-refractivity contribution in [1.29, 1.82) is 0 Å². The van der Waals surface area contributed by atoms with Crippen LogP contribution < -0.4 is 4.72 Å². The molecule has 0 heterocycles. The summed E-state index contributed by atoms with van der Waals surface area (Å²) in [6, 6.07) is 3.83. The van der Waals surface area contributed by atoms with E-state index in [1.165, 1.54) is 19.2 Å². The Bertz CT molecular complexity index is 603. The van der Waals surface area contributed by atoms with Gasteiger partial charge in [-0.25, -0.2) is 17.9 Å². The van der Waals surface area contributed by atoms with Crippen molar-refractivity contribution in [1.82, 2.24) is 4.72 Å².